The number of alkyl halides is 3. The quantitative estimate of drug-likeness (QED) is 0.455. The second-order valence-electron chi connectivity index (χ2n) is 7.88. The fraction of sp³-hybridized carbons (Fsp3) is 0.318. The summed E-state index contributed by atoms with van der Waals surface area (Å²) in [6.07, 6.45) is -0.613. The fourth-order valence-electron chi connectivity index (χ4n) is 3.79. The summed E-state index contributed by atoms with van der Waals surface area (Å²) in [4.78, 5) is 31.3. The number of carbonyl (C=O) groups is 1. The van der Waals surface area contributed by atoms with Crippen molar-refractivity contribution in [3.8, 4) is 17.1 Å². The first-order chi connectivity index (χ1) is 17.2. The Kier molecular flexibility index (Phi) is 7.17. The van der Waals surface area contributed by atoms with E-state index < -0.39 is 18.0 Å². The van der Waals surface area contributed by atoms with Crippen molar-refractivity contribution in [2.24, 2.45) is 5.73 Å². The van der Waals surface area contributed by atoms with Gasteiger partial charge in [0.2, 0.25) is 0 Å². The van der Waals surface area contributed by atoms with Crippen molar-refractivity contribution in [1.82, 2.24) is 19.9 Å². The average molecular weight is 504 g/mol. The van der Waals surface area contributed by atoms with E-state index in [0.29, 0.717) is 25.2 Å². The minimum Gasteiger partial charge on any atom is -0.403 e. The molecule has 0 unspecified atom stereocenters. The maximum absolute atomic E-state index is 13.1. The van der Waals surface area contributed by atoms with Crippen LogP contribution in [0.15, 0.2) is 42.9 Å². The van der Waals surface area contributed by atoms with E-state index in [9.17, 15) is 18.0 Å². The molecule has 3 aromatic rings. The molecule has 2 atom stereocenters. The summed E-state index contributed by atoms with van der Waals surface area (Å²) in [5.74, 6) is -1.35. The zero-order chi connectivity index (χ0) is 25.9. The number of halogens is 3. The molecule has 5 N–H and O–H groups in total. The Bertz CT molecular complexity index is 1240. The van der Waals surface area contributed by atoms with Crippen molar-refractivity contribution in [1.29, 1.82) is 0 Å². The first kappa shape index (κ1) is 25.1. The Morgan fingerprint density at radius 3 is 2.69 bits per heavy atom. The van der Waals surface area contributed by atoms with Gasteiger partial charge in [0.25, 0.3) is 5.91 Å². The van der Waals surface area contributed by atoms with Crippen LogP contribution in [-0.2, 0) is 4.74 Å². The Labute approximate surface area is 203 Å². The molecule has 0 aliphatic carbocycles. The van der Waals surface area contributed by atoms with E-state index >= 15 is 0 Å². The second kappa shape index (κ2) is 10.3. The van der Waals surface area contributed by atoms with Crippen LogP contribution in [0.3, 0.4) is 0 Å². The predicted octanol–water partition coefficient (Wildman–Crippen LogP) is 2.22. The average Bonchev–Trinajstić information content (AvgIpc) is 2.84. The van der Waals surface area contributed by atoms with Gasteiger partial charge in [0.1, 0.15) is 11.4 Å². The highest BCUT2D eigenvalue weighted by Crippen LogP contribution is 2.32. The molecule has 11 nitrogen and oxygen atoms in total. The number of pyridine rings is 2. The number of nitrogens with two attached hydrogens (primary N) is 2. The maximum Gasteiger partial charge on any atom is 0.573 e. The van der Waals surface area contributed by atoms with Crippen LogP contribution in [0.5, 0.6) is 5.75 Å². The minimum absolute atomic E-state index is 0.114. The number of anilines is 3. The lowest BCUT2D eigenvalue weighted by atomic mass is 10.0. The molecule has 190 valence electrons. The lowest BCUT2D eigenvalue weighted by Crippen LogP contribution is -2.51. The van der Waals surface area contributed by atoms with Crippen LogP contribution in [0.1, 0.15) is 16.9 Å². The van der Waals surface area contributed by atoms with E-state index in [0.717, 1.165) is 12.3 Å². The number of nitrogen functional groups attached to an aromatic ring is 1. The zero-order valence-electron chi connectivity index (χ0n) is 19.1. The van der Waals surface area contributed by atoms with Gasteiger partial charge in [-0.15, -0.1) is 13.2 Å². The Morgan fingerprint density at radius 1 is 1.19 bits per heavy atom. The van der Waals surface area contributed by atoms with Gasteiger partial charge in [-0.05, 0) is 30.7 Å². The van der Waals surface area contributed by atoms with Gasteiger partial charge >= 0.3 is 6.36 Å². The Balaban J connectivity index is 1.61. The van der Waals surface area contributed by atoms with Gasteiger partial charge < -0.3 is 31.2 Å². The highest BCUT2D eigenvalue weighted by molar-refractivity contribution is 6.06. The van der Waals surface area contributed by atoms with Crippen LogP contribution < -0.4 is 26.4 Å². The van der Waals surface area contributed by atoms with E-state index in [-0.39, 0.29) is 40.9 Å². The summed E-state index contributed by atoms with van der Waals surface area (Å²) in [5, 5.41) is 2.66. The lowest BCUT2D eigenvalue weighted by molar-refractivity contribution is -0.274. The van der Waals surface area contributed by atoms with E-state index in [1.807, 2.05) is 4.90 Å². The summed E-state index contributed by atoms with van der Waals surface area (Å²) >= 11 is 0. The molecule has 1 fully saturated rings. The van der Waals surface area contributed by atoms with Gasteiger partial charge in [0.05, 0.1) is 18.0 Å². The third-order valence-electron chi connectivity index (χ3n) is 5.53. The number of ether oxygens (including phenoxy) is 2. The number of carbonyl (C=O) groups excluding carboxylic acids is 1. The normalized spacial score (nSPS) is 18.1. The van der Waals surface area contributed by atoms with E-state index in [2.05, 4.69) is 30.0 Å². The molecule has 14 heteroatoms. The molecule has 1 aliphatic heterocycles. The van der Waals surface area contributed by atoms with Crippen LogP contribution in [0.2, 0.25) is 0 Å². The molecule has 0 saturated carbocycles. The van der Waals surface area contributed by atoms with E-state index in [1.165, 1.54) is 18.5 Å². The van der Waals surface area contributed by atoms with Gasteiger partial charge in [0.15, 0.2) is 23.1 Å². The number of nitrogens with zero attached hydrogens (tertiary/aromatic N) is 5. The molecule has 1 aliphatic rings. The topological polar surface area (TPSA) is 154 Å². The molecule has 0 bridgehead atoms. The Hall–Kier alpha value is -4.04. The number of methoxy groups -OCH3 is 1. The number of hydrogen-bond donors (Lipinski definition) is 3. The highest BCUT2D eigenvalue weighted by Gasteiger charge is 2.33. The molecule has 4 rings (SSSR count). The summed E-state index contributed by atoms with van der Waals surface area (Å²) in [5.41, 5.74) is 11.9. The van der Waals surface area contributed by atoms with Gasteiger partial charge in [-0.25, -0.2) is 15.0 Å². The van der Waals surface area contributed by atoms with Crippen molar-refractivity contribution >= 4 is 23.2 Å². The van der Waals surface area contributed by atoms with Crippen LogP contribution in [0.25, 0.3) is 11.4 Å². The van der Waals surface area contributed by atoms with Crippen molar-refractivity contribution in [2.45, 2.75) is 24.9 Å². The SMILES string of the molecule is CO[C@@H]1CN(c2cccnc2NC(=O)c2nc(-c3ncccc3OC(F)(F)F)cnc2N)CC[C@H]1N. The van der Waals surface area contributed by atoms with Crippen LogP contribution in [-0.4, -0.2) is 64.6 Å². The van der Waals surface area contributed by atoms with Crippen LogP contribution >= 0.6 is 0 Å². The standard InChI is InChI=1S/C22H23F3N8O3/c1-35-16-11-33(9-6-12(16)26)14-4-2-8-29-20(14)32-21(34)18-19(27)30-10-13(31-18)17-15(5-3-7-28-17)36-22(23,24)25/h2-5,7-8,10,12,16H,6,9,11,26H2,1H3,(H2,27,30)(H,29,32,34)/t12-,16-/m1/s1. The van der Waals surface area contributed by atoms with Gasteiger partial charge in [-0.3, -0.25) is 9.78 Å². The molecule has 3 aromatic heterocycles. The lowest BCUT2D eigenvalue weighted by Gasteiger charge is -2.37. The van der Waals surface area contributed by atoms with Crippen LogP contribution in [0, 0.1) is 0 Å². The number of hydrogen-bond acceptors (Lipinski definition) is 10. The first-order valence-corrected chi connectivity index (χ1v) is 10.8. The van der Waals surface area contributed by atoms with Crippen molar-refractivity contribution in [2.75, 3.05) is 36.1 Å². The van der Waals surface area contributed by atoms with Crippen LogP contribution in [0.4, 0.5) is 30.5 Å². The van der Waals surface area contributed by atoms with E-state index in [1.54, 1.807) is 19.2 Å². The molecule has 0 aromatic carbocycles. The second-order valence-corrected chi connectivity index (χ2v) is 7.88. The molecule has 36 heavy (non-hydrogen) atoms. The van der Waals surface area contributed by atoms with Crippen molar-refractivity contribution in [3.05, 3.63) is 48.5 Å². The summed E-state index contributed by atoms with van der Waals surface area (Å²) in [6.45, 7) is 1.11. The molecule has 1 amide bonds. The van der Waals surface area contributed by atoms with Crippen molar-refractivity contribution in [3.63, 3.8) is 0 Å². The molecular formula is C22H23F3N8O3. The Morgan fingerprint density at radius 2 is 1.94 bits per heavy atom. The molecule has 4 heterocycles. The van der Waals surface area contributed by atoms with Gasteiger partial charge in [-0.1, -0.05) is 0 Å². The predicted molar refractivity (Wildman–Crippen MR) is 124 cm³/mol. The third-order valence-corrected chi connectivity index (χ3v) is 5.53. The number of piperidine rings is 1. The summed E-state index contributed by atoms with van der Waals surface area (Å²) in [6, 6.07) is 5.74. The first-order valence-electron chi connectivity index (χ1n) is 10.8. The highest BCUT2D eigenvalue weighted by atomic mass is 19.4. The fourth-order valence-corrected chi connectivity index (χ4v) is 3.79. The largest absolute Gasteiger partial charge is 0.573 e. The number of amides is 1. The molecule has 0 spiro atoms. The van der Waals surface area contributed by atoms with Gasteiger partial charge in [-0.2, -0.15) is 0 Å². The third kappa shape index (κ3) is 5.60. The summed E-state index contributed by atoms with van der Waals surface area (Å²) < 4.78 is 47.9. The minimum atomic E-state index is -4.95. The van der Waals surface area contributed by atoms with Crippen molar-refractivity contribution < 1.29 is 27.4 Å². The molecular weight excluding hydrogens is 481 g/mol. The summed E-state index contributed by atoms with van der Waals surface area (Å²) in [7, 11) is 1.58. The number of nitrogens with one attached hydrogen (secondary N) is 1. The monoisotopic (exact) mass is 504 g/mol. The maximum atomic E-state index is 13.1. The van der Waals surface area contributed by atoms with Gasteiger partial charge in [0, 0.05) is 38.6 Å². The zero-order valence-corrected chi connectivity index (χ0v) is 19.1. The van der Waals surface area contributed by atoms with E-state index in [4.69, 9.17) is 16.2 Å². The smallest absolute Gasteiger partial charge is 0.403 e. The molecule has 0 radical (unpaired) electrons. The number of rotatable bonds is 6. The molecule has 1 saturated heterocycles. The number of aromatic nitrogens is 4.